The third kappa shape index (κ3) is 6.42. The second-order valence-electron chi connectivity index (χ2n) is 4.92. The fourth-order valence-electron chi connectivity index (χ4n) is 1.98. The molecule has 1 aromatic heterocycles. The number of rotatable bonds is 7. The van der Waals surface area contributed by atoms with Crippen LogP contribution in [0.25, 0.3) is 0 Å². The molecule has 1 aromatic rings. The van der Waals surface area contributed by atoms with Crippen molar-refractivity contribution in [2.75, 3.05) is 11.9 Å². The van der Waals surface area contributed by atoms with Gasteiger partial charge in [-0.3, -0.25) is 4.79 Å². The van der Waals surface area contributed by atoms with E-state index in [1.54, 1.807) is 12.1 Å². The Bertz CT molecular complexity index is 503. The molecule has 0 aliphatic carbocycles. The Morgan fingerprint density at radius 3 is 2.90 bits per heavy atom. The highest BCUT2D eigenvalue weighted by Gasteiger charge is 2.16. The van der Waals surface area contributed by atoms with Crippen molar-refractivity contribution in [1.82, 2.24) is 4.98 Å². The molecule has 0 spiro atoms. The maximum atomic E-state index is 12.2. The molecule has 0 fully saturated rings. The molecule has 2 N–H and O–H groups in total. The topological polar surface area (TPSA) is 62.2 Å². The average Bonchev–Trinajstić information content (AvgIpc) is 2.49. The number of aliphatic hydroxyl groups is 1. The minimum Gasteiger partial charge on any atom is -0.395 e. The number of carbonyl (C=O) groups is 1. The van der Waals surface area contributed by atoms with Crippen molar-refractivity contribution in [2.45, 2.75) is 46.0 Å². The average molecular weight is 288 g/mol. The van der Waals surface area contributed by atoms with Crippen molar-refractivity contribution in [2.24, 2.45) is 5.92 Å². The molecule has 4 nitrogen and oxygen atoms in total. The van der Waals surface area contributed by atoms with Crippen LogP contribution in [0.2, 0.25) is 0 Å². The van der Waals surface area contributed by atoms with E-state index in [1.807, 2.05) is 13.0 Å². The van der Waals surface area contributed by atoms with Crippen LogP contribution in [-0.2, 0) is 4.79 Å². The van der Waals surface area contributed by atoms with Crippen LogP contribution in [0, 0.1) is 17.8 Å². The van der Waals surface area contributed by atoms with Gasteiger partial charge < -0.3 is 10.4 Å². The summed E-state index contributed by atoms with van der Waals surface area (Å²) in [5.74, 6) is 6.28. The maximum absolute atomic E-state index is 12.2. The van der Waals surface area contributed by atoms with Gasteiger partial charge in [-0.05, 0) is 30.9 Å². The number of pyridine rings is 1. The molecule has 1 unspecified atom stereocenters. The summed E-state index contributed by atoms with van der Waals surface area (Å²) in [7, 11) is 0. The van der Waals surface area contributed by atoms with E-state index in [9.17, 15) is 4.79 Å². The number of nitrogens with zero attached hydrogens (tertiary/aromatic N) is 1. The smallest absolute Gasteiger partial charge is 0.228 e. The first-order valence-corrected chi connectivity index (χ1v) is 7.58. The number of amides is 1. The SMILES string of the molecule is CCCCC(CC)C(=O)Nc1cccc(C#CCCO)n1. The van der Waals surface area contributed by atoms with Gasteiger partial charge in [0, 0.05) is 12.3 Å². The molecule has 1 heterocycles. The second kappa shape index (κ2) is 9.95. The summed E-state index contributed by atoms with van der Waals surface area (Å²) in [6, 6.07) is 5.37. The van der Waals surface area contributed by atoms with Gasteiger partial charge in [-0.25, -0.2) is 4.98 Å². The van der Waals surface area contributed by atoms with Gasteiger partial charge in [-0.2, -0.15) is 0 Å². The van der Waals surface area contributed by atoms with Crippen LogP contribution in [0.15, 0.2) is 18.2 Å². The molecule has 1 amide bonds. The summed E-state index contributed by atoms with van der Waals surface area (Å²) in [6.45, 7) is 4.20. The van der Waals surface area contributed by atoms with E-state index in [2.05, 4.69) is 29.1 Å². The Morgan fingerprint density at radius 1 is 1.43 bits per heavy atom. The summed E-state index contributed by atoms with van der Waals surface area (Å²) in [5.41, 5.74) is 0.600. The Morgan fingerprint density at radius 2 is 2.24 bits per heavy atom. The Hall–Kier alpha value is -1.86. The van der Waals surface area contributed by atoms with E-state index in [0.717, 1.165) is 25.7 Å². The number of hydrogen-bond acceptors (Lipinski definition) is 3. The van der Waals surface area contributed by atoms with Crippen molar-refractivity contribution >= 4 is 11.7 Å². The third-order valence-electron chi connectivity index (χ3n) is 3.22. The highest BCUT2D eigenvalue weighted by atomic mass is 16.2. The van der Waals surface area contributed by atoms with Crippen LogP contribution in [-0.4, -0.2) is 22.6 Å². The van der Waals surface area contributed by atoms with Crippen LogP contribution >= 0.6 is 0 Å². The lowest BCUT2D eigenvalue weighted by atomic mass is 9.98. The predicted molar refractivity (Wildman–Crippen MR) is 84.8 cm³/mol. The van der Waals surface area contributed by atoms with Crippen LogP contribution in [0.3, 0.4) is 0 Å². The minimum absolute atomic E-state index is 0.0268. The first kappa shape index (κ1) is 17.2. The number of aliphatic hydroxyl groups excluding tert-OH is 1. The number of unbranched alkanes of at least 4 members (excludes halogenated alkanes) is 1. The fourth-order valence-corrected chi connectivity index (χ4v) is 1.98. The van der Waals surface area contributed by atoms with Crippen LogP contribution in [0.1, 0.15) is 51.6 Å². The lowest BCUT2D eigenvalue weighted by Crippen LogP contribution is -2.22. The quantitative estimate of drug-likeness (QED) is 0.758. The van der Waals surface area contributed by atoms with Crippen molar-refractivity contribution in [3.8, 4) is 11.8 Å². The van der Waals surface area contributed by atoms with Crippen molar-refractivity contribution < 1.29 is 9.90 Å². The third-order valence-corrected chi connectivity index (χ3v) is 3.22. The number of aromatic nitrogens is 1. The van der Waals surface area contributed by atoms with Gasteiger partial charge >= 0.3 is 0 Å². The summed E-state index contributed by atoms with van der Waals surface area (Å²) in [6.07, 6.45) is 4.33. The summed E-state index contributed by atoms with van der Waals surface area (Å²) < 4.78 is 0. The van der Waals surface area contributed by atoms with E-state index < -0.39 is 0 Å². The van der Waals surface area contributed by atoms with Gasteiger partial charge in [0.1, 0.15) is 11.5 Å². The van der Waals surface area contributed by atoms with Gasteiger partial charge in [0.05, 0.1) is 6.61 Å². The fraction of sp³-hybridized carbons (Fsp3) is 0.529. The zero-order valence-electron chi connectivity index (χ0n) is 12.9. The molecule has 0 aromatic carbocycles. The summed E-state index contributed by atoms with van der Waals surface area (Å²) >= 11 is 0. The minimum atomic E-state index is 0.0268. The second-order valence-corrected chi connectivity index (χ2v) is 4.92. The molecule has 4 heteroatoms. The van der Waals surface area contributed by atoms with Crippen LogP contribution in [0.5, 0.6) is 0 Å². The van der Waals surface area contributed by atoms with Gasteiger partial charge in [-0.1, -0.05) is 38.7 Å². The van der Waals surface area contributed by atoms with E-state index in [4.69, 9.17) is 5.11 Å². The Balaban J connectivity index is 2.67. The van der Waals surface area contributed by atoms with E-state index in [0.29, 0.717) is 17.9 Å². The number of anilines is 1. The number of hydrogen-bond donors (Lipinski definition) is 2. The molecule has 0 saturated carbocycles. The van der Waals surface area contributed by atoms with Gasteiger partial charge in [-0.15, -0.1) is 0 Å². The molecule has 0 radical (unpaired) electrons. The first-order valence-electron chi connectivity index (χ1n) is 7.58. The molecule has 114 valence electrons. The summed E-state index contributed by atoms with van der Waals surface area (Å²) in [4.78, 5) is 16.5. The molecule has 0 saturated heterocycles. The van der Waals surface area contributed by atoms with Gasteiger partial charge in [0.2, 0.25) is 5.91 Å². The Kier molecular flexibility index (Phi) is 8.15. The van der Waals surface area contributed by atoms with Crippen molar-refractivity contribution in [1.29, 1.82) is 0 Å². The monoisotopic (exact) mass is 288 g/mol. The molecule has 0 bridgehead atoms. The van der Waals surface area contributed by atoms with E-state index in [1.165, 1.54) is 0 Å². The molecule has 1 rings (SSSR count). The number of nitrogens with one attached hydrogen (secondary N) is 1. The van der Waals surface area contributed by atoms with Crippen LogP contribution in [0.4, 0.5) is 5.82 Å². The highest BCUT2D eigenvalue weighted by Crippen LogP contribution is 2.15. The lowest BCUT2D eigenvalue weighted by molar-refractivity contribution is -0.120. The summed E-state index contributed by atoms with van der Waals surface area (Å²) in [5, 5.41) is 11.6. The Labute approximate surface area is 127 Å². The van der Waals surface area contributed by atoms with E-state index in [-0.39, 0.29) is 18.4 Å². The first-order chi connectivity index (χ1) is 10.2. The molecule has 1 atom stereocenters. The normalized spacial score (nSPS) is 11.4. The maximum Gasteiger partial charge on any atom is 0.228 e. The largest absolute Gasteiger partial charge is 0.395 e. The lowest BCUT2D eigenvalue weighted by Gasteiger charge is -2.14. The van der Waals surface area contributed by atoms with Gasteiger partial charge in [0.25, 0.3) is 0 Å². The standard InChI is InChI=1S/C17H24N2O2/c1-3-5-9-14(4-2)17(21)19-16-12-8-11-15(18-16)10-6-7-13-20/h8,11-12,14,20H,3-5,7,9,13H2,1-2H3,(H,18,19,21). The zero-order valence-corrected chi connectivity index (χ0v) is 12.9. The molecular formula is C17H24N2O2. The molecule has 0 aliphatic heterocycles. The van der Waals surface area contributed by atoms with Crippen molar-refractivity contribution in [3.05, 3.63) is 23.9 Å². The zero-order chi connectivity index (χ0) is 15.5. The molecule has 21 heavy (non-hydrogen) atoms. The molecule has 0 aliphatic rings. The van der Waals surface area contributed by atoms with E-state index >= 15 is 0 Å². The molecular weight excluding hydrogens is 264 g/mol. The van der Waals surface area contributed by atoms with Crippen LogP contribution < -0.4 is 5.32 Å². The highest BCUT2D eigenvalue weighted by molar-refractivity contribution is 5.91. The van der Waals surface area contributed by atoms with Gasteiger partial charge in [0.15, 0.2) is 0 Å². The van der Waals surface area contributed by atoms with Crippen molar-refractivity contribution in [3.63, 3.8) is 0 Å². The predicted octanol–water partition coefficient (Wildman–Crippen LogP) is 2.97. The number of carbonyl (C=O) groups excluding carboxylic acids is 1.